The van der Waals surface area contributed by atoms with E-state index in [1.54, 1.807) is 30.6 Å². The number of aromatic nitrogens is 1. The van der Waals surface area contributed by atoms with Crippen LogP contribution in [0.3, 0.4) is 0 Å². The molecule has 6 nitrogen and oxygen atoms in total. The SMILES string of the molecule is O=[N+]([O-])c1ccc(N2CCCCC2CO)c2cnccc12. The summed E-state index contributed by atoms with van der Waals surface area (Å²) in [4.78, 5) is 17.0. The molecule has 0 amide bonds. The Morgan fingerprint density at radius 3 is 2.95 bits per heavy atom. The molecule has 1 N–H and O–H groups in total. The van der Waals surface area contributed by atoms with Gasteiger partial charge in [-0.2, -0.15) is 0 Å². The molecule has 1 unspecified atom stereocenters. The van der Waals surface area contributed by atoms with Crippen molar-refractivity contribution in [1.82, 2.24) is 4.98 Å². The van der Waals surface area contributed by atoms with E-state index in [1.165, 1.54) is 0 Å². The summed E-state index contributed by atoms with van der Waals surface area (Å²) in [6.07, 6.45) is 6.34. The van der Waals surface area contributed by atoms with Crippen LogP contribution in [0.1, 0.15) is 19.3 Å². The van der Waals surface area contributed by atoms with Gasteiger partial charge in [-0.25, -0.2) is 0 Å². The summed E-state index contributed by atoms with van der Waals surface area (Å²) < 4.78 is 0. The zero-order valence-corrected chi connectivity index (χ0v) is 11.6. The van der Waals surface area contributed by atoms with E-state index in [9.17, 15) is 15.2 Å². The van der Waals surface area contributed by atoms with Gasteiger partial charge in [0.15, 0.2) is 0 Å². The van der Waals surface area contributed by atoms with Gasteiger partial charge in [-0.15, -0.1) is 0 Å². The van der Waals surface area contributed by atoms with Crippen LogP contribution in [-0.4, -0.2) is 34.2 Å². The summed E-state index contributed by atoms with van der Waals surface area (Å²) in [5.74, 6) is 0. The Morgan fingerprint density at radius 1 is 1.33 bits per heavy atom. The van der Waals surface area contributed by atoms with Gasteiger partial charge in [0, 0.05) is 36.1 Å². The van der Waals surface area contributed by atoms with E-state index in [0.717, 1.165) is 36.9 Å². The molecule has 1 atom stereocenters. The number of fused-ring (bicyclic) bond motifs is 1. The molecule has 1 aromatic carbocycles. The molecule has 0 spiro atoms. The fourth-order valence-electron chi connectivity index (χ4n) is 3.08. The van der Waals surface area contributed by atoms with Gasteiger partial charge in [-0.1, -0.05) is 0 Å². The van der Waals surface area contributed by atoms with E-state index in [-0.39, 0.29) is 23.3 Å². The molecule has 0 bridgehead atoms. The summed E-state index contributed by atoms with van der Waals surface area (Å²) in [5, 5.41) is 22.1. The number of aliphatic hydroxyl groups is 1. The molecule has 1 saturated heterocycles. The maximum absolute atomic E-state index is 11.2. The number of aliphatic hydroxyl groups excluding tert-OH is 1. The van der Waals surface area contributed by atoms with Crippen molar-refractivity contribution in [1.29, 1.82) is 0 Å². The highest BCUT2D eigenvalue weighted by Crippen LogP contribution is 2.35. The summed E-state index contributed by atoms with van der Waals surface area (Å²) in [6, 6.07) is 5.06. The van der Waals surface area contributed by atoms with Crippen molar-refractivity contribution in [2.75, 3.05) is 18.1 Å². The summed E-state index contributed by atoms with van der Waals surface area (Å²) in [5.41, 5.74) is 1.01. The third-order valence-corrected chi connectivity index (χ3v) is 4.12. The smallest absolute Gasteiger partial charge is 0.277 e. The molecule has 0 radical (unpaired) electrons. The average Bonchev–Trinajstić information content (AvgIpc) is 2.53. The Balaban J connectivity index is 2.15. The van der Waals surface area contributed by atoms with E-state index in [4.69, 9.17) is 0 Å². The van der Waals surface area contributed by atoms with Crippen molar-refractivity contribution < 1.29 is 10.0 Å². The van der Waals surface area contributed by atoms with Crippen LogP contribution in [0.25, 0.3) is 10.8 Å². The number of piperidine rings is 1. The largest absolute Gasteiger partial charge is 0.394 e. The Kier molecular flexibility index (Phi) is 3.70. The van der Waals surface area contributed by atoms with Crippen LogP contribution in [0.15, 0.2) is 30.6 Å². The Hall–Kier alpha value is -2.21. The van der Waals surface area contributed by atoms with Crippen LogP contribution >= 0.6 is 0 Å². The van der Waals surface area contributed by atoms with Crippen LogP contribution in [0.4, 0.5) is 11.4 Å². The molecule has 21 heavy (non-hydrogen) atoms. The molecule has 3 rings (SSSR count). The highest BCUT2D eigenvalue weighted by atomic mass is 16.6. The summed E-state index contributed by atoms with van der Waals surface area (Å²) in [6.45, 7) is 0.950. The second-order valence-electron chi connectivity index (χ2n) is 5.31. The lowest BCUT2D eigenvalue weighted by Gasteiger charge is -2.37. The van der Waals surface area contributed by atoms with Crippen LogP contribution in [-0.2, 0) is 0 Å². The van der Waals surface area contributed by atoms with Gasteiger partial charge >= 0.3 is 0 Å². The number of rotatable bonds is 3. The molecule has 1 aliphatic heterocycles. The fraction of sp³-hybridized carbons (Fsp3) is 0.400. The zero-order chi connectivity index (χ0) is 14.8. The molecule has 1 fully saturated rings. The highest BCUT2D eigenvalue weighted by Gasteiger charge is 2.25. The van der Waals surface area contributed by atoms with E-state index in [1.807, 2.05) is 0 Å². The van der Waals surface area contributed by atoms with Crippen LogP contribution in [0.2, 0.25) is 0 Å². The second kappa shape index (κ2) is 5.65. The monoisotopic (exact) mass is 287 g/mol. The van der Waals surface area contributed by atoms with Gasteiger partial charge in [-0.3, -0.25) is 15.1 Å². The van der Waals surface area contributed by atoms with E-state index in [2.05, 4.69) is 9.88 Å². The molecule has 1 aromatic heterocycles. The van der Waals surface area contributed by atoms with E-state index in [0.29, 0.717) is 5.39 Å². The predicted molar refractivity (Wildman–Crippen MR) is 80.5 cm³/mol. The standard InChI is InChI=1S/C15H17N3O3/c19-10-11-3-1-2-8-17(11)14-4-5-15(18(20)21)12-6-7-16-9-13(12)14/h4-7,9,11,19H,1-3,8,10H2. The molecule has 1 aliphatic rings. The third-order valence-electron chi connectivity index (χ3n) is 4.12. The quantitative estimate of drug-likeness (QED) is 0.693. The molecule has 0 saturated carbocycles. The number of benzene rings is 1. The number of nitro benzene ring substituents is 1. The van der Waals surface area contributed by atoms with Crippen LogP contribution in [0, 0.1) is 10.1 Å². The number of nitrogens with zero attached hydrogens (tertiary/aromatic N) is 3. The highest BCUT2D eigenvalue weighted by molar-refractivity contribution is 5.99. The maximum atomic E-state index is 11.2. The number of anilines is 1. The number of hydrogen-bond donors (Lipinski definition) is 1. The molecular formula is C15H17N3O3. The molecular weight excluding hydrogens is 270 g/mol. The van der Waals surface area contributed by atoms with Gasteiger partial charge in [0.2, 0.25) is 0 Å². The first-order valence-electron chi connectivity index (χ1n) is 7.11. The van der Waals surface area contributed by atoms with Crippen molar-refractivity contribution in [3.63, 3.8) is 0 Å². The molecule has 2 aromatic rings. The first-order valence-corrected chi connectivity index (χ1v) is 7.11. The van der Waals surface area contributed by atoms with Gasteiger partial charge < -0.3 is 10.0 Å². The van der Waals surface area contributed by atoms with Gasteiger partial charge in [0.05, 0.1) is 23.0 Å². The molecule has 2 heterocycles. The summed E-state index contributed by atoms with van der Waals surface area (Å²) >= 11 is 0. The van der Waals surface area contributed by atoms with Crippen molar-refractivity contribution >= 4 is 22.1 Å². The first kappa shape index (κ1) is 13.8. The molecule has 6 heteroatoms. The number of non-ortho nitro benzene ring substituents is 1. The van der Waals surface area contributed by atoms with Crippen molar-refractivity contribution in [3.05, 3.63) is 40.7 Å². The Labute approximate surface area is 122 Å². The lowest BCUT2D eigenvalue weighted by Crippen LogP contribution is -2.42. The van der Waals surface area contributed by atoms with Crippen molar-refractivity contribution in [2.45, 2.75) is 25.3 Å². The zero-order valence-electron chi connectivity index (χ0n) is 11.6. The van der Waals surface area contributed by atoms with Crippen LogP contribution in [0.5, 0.6) is 0 Å². The van der Waals surface area contributed by atoms with Gasteiger partial charge in [0.1, 0.15) is 0 Å². The fourth-order valence-corrected chi connectivity index (χ4v) is 3.08. The van der Waals surface area contributed by atoms with Crippen LogP contribution < -0.4 is 4.90 Å². The minimum atomic E-state index is -0.369. The first-order chi connectivity index (χ1) is 10.2. The maximum Gasteiger partial charge on any atom is 0.277 e. The molecule has 110 valence electrons. The lowest BCUT2D eigenvalue weighted by molar-refractivity contribution is -0.383. The Bertz CT molecular complexity index is 674. The second-order valence-corrected chi connectivity index (χ2v) is 5.31. The third kappa shape index (κ3) is 2.42. The average molecular weight is 287 g/mol. The van der Waals surface area contributed by atoms with E-state index < -0.39 is 0 Å². The normalized spacial score (nSPS) is 18.9. The summed E-state index contributed by atoms with van der Waals surface area (Å²) in [7, 11) is 0. The topological polar surface area (TPSA) is 79.5 Å². The number of hydrogen-bond acceptors (Lipinski definition) is 5. The van der Waals surface area contributed by atoms with Gasteiger partial charge in [0.25, 0.3) is 5.69 Å². The number of nitro groups is 1. The lowest BCUT2D eigenvalue weighted by atomic mass is 10.00. The number of pyridine rings is 1. The van der Waals surface area contributed by atoms with Gasteiger partial charge in [-0.05, 0) is 31.4 Å². The minimum absolute atomic E-state index is 0.0728. The minimum Gasteiger partial charge on any atom is -0.394 e. The predicted octanol–water partition coefficient (Wildman–Crippen LogP) is 2.49. The van der Waals surface area contributed by atoms with E-state index >= 15 is 0 Å². The van der Waals surface area contributed by atoms with Crippen molar-refractivity contribution in [3.8, 4) is 0 Å². The Morgan fingerprint density at radius 2 is 2.19 bits per heavy atom. The van der Waals surface area contributed by atoms with Crippen molar-refractivity contribution in [2.24, 2.45) is 0 Å². The molecule has 0 aliphatic carbocycles.